The Kier molecular flexibility index (Phi) is 3.06. The highest BCUT2D eigenvalue weighted by Crippen LogP contribution is 2.32. The van der Waals surface area contributed by atoms with Gasteiger partial charge < -0.3 is 9.47 Å². The van der Waals surface area contributed by atoms with E-state index >= 15 is 0 Å². The van der Waals surface area contributed by atoms with Crippen molar-refractivity contribution in [3.8, 4) is 0 Å². The van der Waals surface area contributed by atoms with Gasteiger partial charge in [0, 0.05) is 19.8 Å². The van der Waals surface area contributed by atoms with E-state index in [4.69, 9.17) is 9.47 Å². The molecule has 3 nitrogen and oxygen atoms in total. The van der Waals surface area contributed by atoms with Crippen molar-refractivity contribution >= 4 is 0 Å². The average Bonchev–Trinajstić information content (AvgIpc) is 2.42. The zero-order valence-corrected chi connectivity index (χ0v) is 10.1. The van der Waals surface area contributed by atoms with E-state index < -0.39 is 0 Å². The first kappa shape index (κ1) is 11.4. The van der Waals surface area contributed by atoms with Crippen LogP contribution >= 0.6 is 0 Å². The molecule has 0 radical (unpaired) electrons. The summed E-state index contributed by atoms with van der Waals surface area (Å²) in [6.07, 6.45) is 3.54. The van der Waals surface area contributed by atoms with Gasteiger partial charge in [0.05, 0.1) is 5.60 Å². The van der Waals surface area contributed by atoms with Crippen molar-refractivity contribution in [2.24, 2.45) is 5.92 Å². The van der Waals surface area contributed by atoms with Gasteiger partial charge in [-0.2, -0.15) is 0 Å². The maximum absolute atomic E-state index is 6.07. The van der Waals surface area contributed by atoms with Crippen LogP contribution in [0.2, 0.25) is 0 Å². The molecule has 88 valence electrons. The molecule has 0 aromatic heterocycles. The highest BCUT2D eigenvalue weighted by molar-refractivity contribution is 4.90. The Morgan fingerprint density at radius 1 is 1.33 bits per heavy atom. The maximum Gasteiger partial charge on any atom is 0.117 e. The number of nitrogens with one attached hydrogen (secondary N) is 1. The summed E-state index contributed by atoms with van der Waals surface area (Å²) in [4.78, 5) is 0. The van der Waals surface area contributed by atoms with Gasteiger partial charge in [-0.1, -0.05) is 0 Å². The summed E-state index contributed by atoms with van der Waals surface area (Å²) in [5.74, 6) is 0.658. The van der Waals surface area contributed by atoms with Crippen LogP contribution < -0.4 is 5.32 Å². The summed E-state index contributed by atoms with van der Waals surface area (Å²) in [5.41, 5.74) is -0.168. The molecule has 2 saturated heterocycles. The molecule has 2 aliphatic heterocycles. The summed E-state index contributed by atoms with van der Waals surface area (Å²) in [5, 5.41) is 3.49. The summed E-state index contributed by atoms with van der Waals surface area (Å²) in [7, 11) is 0. The Labute approximate surface area is 92.5 Å². The summed E-state index contributed by atoms with van der Waals surface area (Å²) < 4.78 is 11.6. The van der Waals surface area contributed by atoms with Crippen LogP contribution in [-0.2, 0) is 9.47 Å². The lowest BCUT2D eigenvalue weighted by molar-refractivity contribution is -0.100. The molecular weight excluding hydrogens is 190 g/mol. The minimum absolute atomic E-state index is 0.0235. The lowest BCUT2D eigenvalue weighted by atomic mass is 9.93. The van der Waals surface area contributed by atoms with Crippen molar-refractivity contribution in [2.75, 3.05) is 19.8 Å². The van der Waals surface area contributed by atoms with Crippen molar-refractivity contribution < 1.29 is 9.47 Å². The molecule has 2 unspecified atom stereocenters. The predicted octanol–water partition coefficient (Wildman–Crippen LogP) is 1.92. The minimum atomic E-state index is -0.144. The number of hydrogen-bond donors (Lipinski definition) is 1. The largest absolute Gasteiger partial charge is 0.381 e. The van der Waals surface area contributed by atoms with Crippen molar-refractivity contribution in [2.45, 2.75) is 51.4 Å². The van der Waals surface area contributed by atoms with Crippen LogP contribution in [0.3, 0.4) is 0 Å². The Hall–Kier alpha value is -0.120. The highest BCUT2D eigenvalue weighted by atomic mass is 16.5. The molecule has 0 saturated carbocycles. The van der Waals surface area contributed by atoms with Crippen molar-refractivity contribution in [1.82, 2.24) is 5.32 Å². The van der Waals surface area contributed by atoms with Crippen molar-refractivity contribution in [3.05, 3.63) is 0 Å². The average molecular weight is 213 g/mol. The molecule has 0 aromatic carbocycles. The molecular formula is C12H23NO2. The van der Waals surface area contributed by atoms with E-state index in [2.05, 4.69) is 26.1 Å². The third kappa shape index (κ3) is 2.92. The van der Waals surface area contributed by atoms with Gasteiger partial charge in [0.2, 0.25) is 0 Å². The molecule has 2 aliphatic rings. The standard InChI is InChI=1S/C12H23NO2/c1-11(2)9-13-12(3,15-11)7-10-5-4-6-14-8-10/h10,13H,4-9H2,1-3H3. The molecule has 0 amide bonds. The van der Waals surface area contributed by atoms with Crippen molar-refractivity contribution in [1.29, 1.82) is 0 Å². The first-order valence-corrected chi connectivity index (χ1v) is 6.02. The van der Waals surface area contributed by atoms with Crippen LogP contribution in [0.5, 0.6) is 0 Å². The Bertz CT molecular complexity index is 224. The van der Waals surface area contributed by atoms with Gasteiger partial charge in [-0.3, -0.25) is 5.32 Å². The van der Waals surface area contributed by atoms with Crippen LogP contribution in [-0.4, -0.2) is 31.1 Å². The van der Waals surface area contributed by atoms with Gasteiger partial charge in [0.25, 0.3) is 0 Å². The molecule has 2 atom stereocenters. The van der Waals surface area contributed by atoms with E-state index in [1.807, 2.05) is 0 Å². The molecule has 0 spiro atoms. The van der Waals surface area contributed by atoms with E-state index in [0.717, 1.165) is 26.2 Å². The van der Waals surface area contributed by atoms with Gasteiger partial charge in [-0.15, -0.1) is 0 Å². The number of hydrogen-bond acceptors (Lipinski definition) is 3. The topological polar surface area (TPSA) is 30.5 Å². The molecule has 0 aromatic rings. The molecule has 2 fully saturated rings. The quantitative estimate of drug-likeness (QED) is 0.760. The molecule has 2 heterocycles. The molecule has 1 N–H and O–H groups in total. The normalized spacial score (nSPS) is 40.6. The molecule has 3 heteroatoms. The van der Waals surface area contributed by atoms with Gasteiger partial charge in [-0.05, 0) is 46.0 Å². The van der Waals surface area contributed by atoms with E-state index in [1.54, 1.807) is 0 Å². The van der Waals surface area contributed by atoms with E-state index in [-0.39, 0.29) is 11.3 Å². The zero-order valence-electron chi connectivity index (χ0n) is 10.1. The molecule has 0 aliphatic carbocycles. The third-order valence-electron chi connectivity index (χ3n) is 3.32. The second-order valence-electron chi connectivity index (χ2n) is 5.73. The Morgan fingerprint density at radius 3 is 2.67 bits per heavy atom. The fraction of sp³-hybridized carbons (Fsp3) is 1.00. The van der Waals surface area contributed by atoms with E-state index in [9.17, 15) is 0 Å². The smallest absolute Gasteiger partial charge is 0.117 e. The predicted molar refractivity (Wildman–Crippen MR) is 59.7 cm³/mol. The van der Waals surface area contributed by atoms with Crippen molar-refractivity contribution in [3.63, 3.8) is 0 Å². The summed E-state index contributed by atoms with van der Waals surface area (Å²) >= 11 is 0. The van der Waals surface area contributed by atoms with Gasteiger partial charge >= 0.3 is 0 Å². The number of ether oxygens (including phenoxy) is 2. The molecule has 2 rings (SSSR count). The van der Waals surface area contributed by atoms with Crippen LogP contribution in [0.15, 0.2) is 0 Å². The SMILES string of the molecule is CC1(C)CNC(C)(CC2CCCOC2)O1. The Morgan fingerprint density at radius 2 is 2.13 bits per heavy atom. The first-order chi connectivity index (χ1) is 6.99. The van der Waals surface area contributed by atoms with Gasteiger partial charge in [0.15, 0.2) is 0 Å². The first-order valence-electron chi connectivity index (χ1n) is 6.02. The zero-order chi connectivity index (χ0) is 10.9. The monoisotopic (exact) mass is 213 g/mol. The maximum atomic E-state index is 6.07. The number of rotatable bonds is 2. The highest BCUT2D eigenvalue weighted by Gasteiger charge is 2.41. The van der Waals surface area contributed by atoms with Crippen LogP contribution in [0.1, 0.15) is 40.0 Å². The molecule has 0 bridgehead atoms. The van der Waals surface area contributed by atoms with Crippen LogP contribution in [0.25, 0.3) is 0 Å². The third-order valence-corrected chi connectivity index (χ3v) is 3.32. The van der Waals surface area contributed by atoms with Gasteiger partial charge in [-0.25, -0.2) is 0 Å². The molecule has 15 heavy (non-hydrogen) atoms. The second kappa shape index (κ2) is 4.04. The van der Waals surface area contributed by atoms with E-state index in [0.29, 0.717) is 5.92 Å². The van der Waals surface area contributed by atoms with E-state index in [1.165, 1.54) is 12.8 Å². The Balaban J connectivity index is 1.88. The summed E-state index contributed by atoms with van der Waals surface area (Å²) in [6.45, 7) is 9.23. The lowest BCUT2D eigenvalue weighted by Gasteiger charge is -2.32. The van der Waals surface area contributed by atoms with Crippen LogP contribution in [0.4, 0.5) is 0 Å². The van der Waals surface area contributed by atoms with Gasteiger partial charge in [0.1, 0.15) is 5.72 Å². The minimum Gasteiger partial charge on any atom is -0.381 e. The lowest BCUT2D eigenvalue weighted by Crippen LogP contribution is -2.41. The fourth-order valence-electron chi connectivity index (χ4n) is 2.71. The summed E-state index contributed by atoms with van der Waals surface area (Å²) in [6, 6.07) is 0. The van der Waals surface area contributed by atoms with Crippen LogP contribution in [0, 0.1) is 5.92 Å². The fourth-order valence-corrected chi connectivity index (χ4v) is 2.71. The second-order valence-corrected chi connectivity index (χ2v) is 5.73.